The van der Waals surface area contributed by atoms with Gasteiger partial charge in [0.25, 0.3) is 5.91 Å². The molecule has 2 amide bonds. The fourth-order valence-corrected chi connectivity index (χ4v) is 2.16. The van der Waals surface area contributed by atoms with Gasteiger partial charge in [0, 0.05) is 13.7 Å². The summed E-state index contributed by atoms with van der Waals surface area (Å²) in [7, 11) is 1.54. The molecule has 6 heteroatoms. The van der Waals surface area contributed by atoms with Crippen molar-refractivity contribution in [3.63, 3.8) is 0 Å². The summed E-state index contributed by atoms with van der Waals surface area (Å²) in [5, 5.41) is 5.36. The molecule has 0 saturated heterocycles. The Morgan fingerprint density at radius 3 is 2.54 bits per heavy atom. The molecule has 0 aliphatic rings. The molecule has 0 aliphatic heterocycles. The molecule has 126 valence electrons. The van der Waals surface area contributed by atoms with E-state index in [1.54, 1.807) is 49.6 Å². The van der Waals surface area contributed by atoms with Crippen molar-refractivity contribution in [2.24, 2.45) is 0 Å². The maximum absolute atomic E-state index is 13.6. The van der Waals surface area contributed by atoms with E-state index < -0.39 is 11.7 Å². The van der Waals surface area contributed by atoms with Crippen LogP contribution in [0.4, 0.5) is 10.1 Å². The van der Waals surface area contributed by atoms with Gasteiger partial charge in [-0.15, -0.1) is 0 Å². The van der Waals surface area contributed by atoms with Crippen molar-refractivity contribution >= 4 is 17.5 Å². The largest absolute Gasteiger partial charge is 0.383 e. The summed E-state index contributed by atoms with van der Waals surface area (Å²) in [6, 6.07) is 12.8. The van der Waals surface area contributed by atoms with Gasteiger partial charge in [-0.05, 0) is 23.8 Å². The third kappa shape index (κ3) is 4.89. The third-order valence-corrected chi connectivity index (χ3v) is 3.35. The molecule has 2 N–H and O–H groups in total. The Morgan fingerprint density at radius 1 is 1.08 bits per heavy atom. The van der Waals surface area contributed by atoms with Crippen LogP contribution in [-0.2, 0) is 16.0 Å². The molecule has 24 heavy (non-hydrogen) atoms. The lowest BCUT2D eigenvalue weighted by atomic mass is 10.1. The highest BCUT2D eigenvalue weighted by atomic mass is 19.1. The van der Waals surface area contributed by atoms with Crippen molar-refractivity contribution in [3.05, 3.63) is 65.5 Å². The van der Waals surface area contributed by atoms with Crippen molar-refractivity contribution in [2.45, 2.75) is 6.42 Å². The number of halogens is 1. The number of para-hydroxylation sites is 1. The zero-order valence-corrected chi connectivity index (χ0v) is 13.3. The van der Waals surface area contributed by atoms with Crippen LogP contribution in [0.25, 0.3) is 0 Å². The SMILES string of the molecule is COCCNC(=O)c1ccccc1NC(=O)Cc1ccccc1F. The highest BCUT2D eigenvalue weighted by molar-refractivity contribution is 6.04. The van der Waals surface area contributed by atoms with Gasteiger partial charge in [-0.3, -0.25) is 9.59 Å². The van der Waals surface area contributed by atoms with Crippen molar-refractivity contribution in [3.8, 4) is 0 Å². The van der Waals surface area contributed by atoms with Crippen molar-refractivity contribution < 1.29 is 18.7 Å². The van der Waals surface area contributed by atoms with Crippen LogP contribution in [0, 0.1) is 5.82 Å². The fourth-order valence-electron chi connectivity index (χ4n) is 2.16. The van der Waals surface area contributed by atoms with Gasteiger partial charge in [0.05, 0.1) is 24.3 Å². The van der Waals surface area contributed by atoms with Crippen LogP contribution in [0.5, 0.6) is 0 Å². The third-order valence-electron chi connectivity index (χ3n) is 3.35. The minimum Gasteiger partial charge on any atom is -0.383 e. The van der Waals surface area contributed by atoms with Crippen LogP contribution in [0.2, 0.25) is 0 Å². The second-order valence-electron chi connectivity index (χ2n) is 5.11. The predicted octanol–water partition coefficient (Wildman–Crippen LogP) is 2.38. The van der Waals surface area contributed by atoms with Crippen LogP contribution < -0.4 is 10.6 Å². The summed E-state index contributed by atoms with van der Waals surface area (Å²) in [5.41, 5.74) is 1.03. The summed E-state index contributed by atoms with van der Waals surface area (Å²) >= 11 is 0. The zero-order chi connectivity index (χ0) is 17.4. The van der Waals surface area contributed by atoms with Gasteiger partial charge < -0.3 is 15.4 Å². The first-order valence-electron chi connectivity index (χ1n) is 7.51. The Labute approximate surface area is 139 Å². The lowest BCUT2D eigenvalue weighted by molar-refractivity contribution is -0.115. The maximum atomic E-state index is 13.6. The Kier molecular flexibility index (Phi) is 6.45. The van der Waals surface area contributed by atoms with Crippen molar-refractivity contribution in [1.29, 1.82) is 0 Å². The molecular formula is C18H19FN2O3. The molecule has 0 saturated carbocycles. The van der Waals surface area contributed by atoms with E-state index in [9.17, 15) is 14.0 Å². The Hall–Kier alpha value is -2.73. The normalized spacial score (nSPS) is 10.2. The van der Waals surface area contributed by atoms with E-state index in [1.165, 1.54) is 6.07 Å². The smallest absolute Gasteiger partial charge is 0.253 e. The van der Waals surface area contributed by atoms with Gasteiger partial charge in [-0.1, -0.05) is 30.3 Å². The first-order valence-corrected chi connectivity index (χ1v) is 7.51. The molecule has 0 fully saturated rings. The topological polar surface area (TPSA) is 67.4 Å². The molecule has 2 rings (SSSR count). The molecule has 0 aromatic heterocycles. The van der Waals surface area contributed by atoms with Crippen LogP contribution in [0.3, 0.4) is 0 Å². The number of carbonyl (C=O) groups excluding carboxylic acids is 2. The van der Waals surface area contributed by atoms with Crippen LogP contribution in [-0.4, -0.2) is 32.1 Å². The van der Waals surface area contributed by atoms with E-state index in [2.05, 4.69) is 10.6 Å². The molecule has 5 nitrogen and oxygen atoms in total. The molecule has 0 spiro atoms. The molecular weight excluding hydrogens is 311 g/mol. The lowest BCUT2D eigenvalue weighted by Crippen LogP contribution is -2.28. The number of amides is 2. The number of hydrogen-bond donors (Lipinski definition) is 2. The maximum Gasteiger partial charge on any atom is 0.253 e. The Morgan fingerprint density at radius 2 is 1.79 bits per heavy atom. The molecule has 0 aliphatic carbocycles. The van der Waals surface area contributed by atoms with E-state index in [0.717, 1.165) is 0 Å². The standard InChI is InChI=1S/C18H19FN2O3/c1-24-11-10-20-18(23)14-7-3-5-9-16(14)21-17(22)12-13-6-2-4-8-15(13)19/h2-9H,10-12H2,1H3,(H,20,23)(H,21,22). The van der Waals surface area contributed by atoms with Gasteiger partial charge in [0.2, 0.25) is 5.91 Å². The van der Waals surface area contributed by atoms with E-state index in [0.29, 0.717) is 30.0 Å². The van der Waals surface area contributed by atoms with Crippen molar-refractivity contribution in [1.82, 2.24) is 5.32 Å². The highest BCUT2D eigenvalue weighted by Crippen LogP contribution is 2.16. The number of ether oxygens (including phenoxy) is 1. The lowest BCUT2D eigenvalue weighted by Gasteiger charge is -2.11. The van der Waals surface area contributed by atoms with E-state index in [1.807, 2.05) is 0 Å². The molecule has 0 bridgehead atoms. The second kappa shape index (κ2) is 8.79. The van der Waals surface area contributed by atoms with E-state index in [4.69, 9.17) is 4.74 Å². The monoisotopic (exact) mass is 330 g/mol. The van der Waals surface area contributed by atoms with Gasteiger partial charge in [-0.2, -0.15) is 0 Å². The fraction of sp³-hybridized carbons (Fsp3) is 0.222. The quantitative estimate of drug-likeness (QED) is 0.766. The number of rotatable bonds is 7. The number of hydrogen-bond acceptors (Lipinski definition) is 3. The minimum absolute atomic E-state index is 0.105. The molecule has 2 aromatic rings. The average molecular weight is 330 g/mol. The molecule has 2 aromatic carbocycles. The average Bonchev–Trinajstić information content (AvgIpc) is 2.57. The Bertz CT molecular complexity index is 719. The Balaban J connectivity index is 2.05. The van der Waals surface area contributed by atoms with Crippen LogP contribution in [0.15, 0.2) is 48.5 Å². The number of nitrogens with one attached hydrogen (secondary N) is 2. The number of anilines is 1. The van der Waals surface area contributed by atoms with Gasteiger partial charge in [0.15, 0.2) is 0 Å². The summed E-state index contributed by atoms with van der Waals surface area (Å²) < 4.78 is 18.5. The van der Waals surface area contributed by atoms with Gasteiger partial charge >= 0.3 is 0 Å². The predicted molar refractivity (Wildman–Crippen MR) is 89.4 cm³/mol. The summed E-state index contributed by atoms with van der Waals surface area (Å²) in [6.45, 7) is 0.764. The minimum atomic E-state index is -0.432. The molecule has 0 atom stereocenters. The van der Waals surface area contributed by atoms with Gasteiger partial charge in [-0.25, -0.2) is 4.39 Å². The number of benzene rings is 2. The van der Waals surface area contributed by atoms with E-state index in [-0.39, 0.29) is 12.3 Å². The van der Waals surface area contributed by atoms with Crippen LogP contribution in [0.1, 0.15) is 15.9 Å². The van der Waals surface area contributed by atoms with E-state index >= 15 is 0 Å². The number of carbonyl (C=O) groups is 2. The highest BCUT2D eigenvalue weighted by Gasteiger charge is 2.14. The summed E-state index contributed by atoms with van der Waals surface area (Å²) in [4.78, 5) is 24.3. The van der Waals surface area contributed by atoms with Gasteiger partial charge in [0.1, 0.15) is 5.82 Å². The summed E-state index contributed by atoms with van der Waals surface area (Å²) in [5.74, 6) is -1.13. The van der Waals surface area contributed by atoms with Crippen molar-refractivity contribution in [2.75, 3.05) is 25.6 Å². The second-order valence-corrected chi connectivity index (χ2v) is 5.11. The summed E-state index contributed by atoms with van der Waals surface area (Å²) in [6.07, 6.45) is -0.105. The molecule has 0 radical (unpaired) electrons. The molecule has 0 unspecified atom stereocenters. The number of methoxy groups -OCH3 is 1. The first kappa shape index (κ1) is 17.6. The first-order chi connectivity index (χ1) is 11.6. The van der Waals surface area contributed by atoms with Crippen LogP contribution >= 0.6 is 0 Å². The zero-order valence-electron chi connectivity index (χ0n) is 13.3. The molecule has 0 heterocycles.